The van der Waals surface area contributed by atoms with Crippen LogP contribution in [0.3, 0.4) is 0 Å². The number of aryl methyl sites for hydroxylation is 1. The van der Waals surface area contributed by atoms with Crippen LogP contribution in [-0.4, -0.2) is 28.2 Å². The molecule has 0 saturated heterocycles. The predicted octanol–water partition coefficient (Wildman–Crippen LogP) is 0.828. The van der Waals surface area contributed by atoms with Crippen molar-refractivity contribution in [3.63, 3.8) is 0 Å². The number of rotatable bonds is 6. The van der Waals surface area contributed by atoms with Crippen molar-refractivity contribution < 1.29 is 13.2 Å². The van der Waals surface area contributed by atoms with Crippen LogP contribution in [-0.2, 0) is 21.3 Å². The Hall–Kier alpha value is -0.470. The summed E-state index contributed by atoms with van der Waals surface area (Å²) in [4.78, 5) is 0.894. The van der Waals surface area contributed by atoms with Gasteiger partial charge in [-0.3, -0.25) is 0 Å². The number of hydrogen-bond donors (Lipinski definition) is 2. The normalized spacial score (nSPS) is 13.9. The molecule has 0 bridgehead atoms. The Kier molecular flexibility index (Phi) is 5.08. The zero-order valence-corrected chi connectivity index (χ0v) is 11.8. The van der Waals surface area contributed by atoms with Gasteiger partial charge in [-0.2, -0.15) is 0 Å². The number of nitrogens with two attached hydrogens (primary N) is 1. The van der Waals surface area contributed by atoms with Crippen molar-refractivity contribution in [3.8, 4) is 0 Å². The Morgan fingerprint density at radius 3 is 2.71 bits per heavy atom. The van der Waals surface area contributed by atoms with E-state index in [2.05, 4.69) is 4.72 Å². The minimum Gasteiger partial charge on any atom is -0.380 e. The second kappa shape index (κ2) is 5.92. The first-order valence-corrected chi connectivity index (χ1v) is 7.52. The highest BCUT2D eigenvalue weighted by Crippen LogP contribution is 2.25. The van der Waals surface area contributed by atoms with Gasteiger partial charge in [0.05, 0.1) is 6.10 Å². The zero-order chi connectivity index (χ0) is 13.1. The van der Waals surface area contributed by atoms with Crippen molar-refractivity contribution in [2.45, 2.75) is 30.7 Å². The van der Waals surface area contributed by atoms with E-state index in [9.17, 15) is 8.42 Å². The Bertz CT molecular complexity index is 468. The summed E-state index contributed by atoms with van der Waals surface area (Å²) in [6.07, 6.45) is -0.153. The number of hydrogen-bond acceptors (Lipinski definition) is 5. The van der Waals surface area contributed by atoms with Gasteiger partial charge < -0.3 is 10.5 Å². The van der Waals surface area contributed by atoms with Crippen LogP contribution in [0.2, 0.25) is 0 Å². The van der Waals surface area contributed by atoms with Gasteiger partial charge in [0.15, 0.2) is 0 Å². The smallest absolute Gasteiger partial charge is 0.250 e. The third-order valence-electron chi connectivity index (χ3n) is 2.41. The van der Waals surface area contributed by atoms with Crippen LogP contribution in [0.15, 0.2) is 10.3 Å². The Labute approximate surface area is 106 Å². The molecule has 7 heteroatoms. The lowest BCUT2D eigenvalue weighted by Gasteiger charge is -2.10. The second-order valence-electron chi connectivity index (χ2n) is 3.77. The minimum atomic E-state index is -3.44. The van der Waals surface area contributed by atoms with E-state index in [-0.39, 0.29) is 12.6 Å². The summed E-state index contributed by atoms with van der Waals surface area (Å²) in [5.41, 5.74) is 6.44. The van der Waals surface area contributed by atoms with Gasteiger partial charge in [-0.05, 0) is 25.5 Å². The Balaban J connectivity index is 2.82. The highest BCUT2D eigenvalue weighted by Gasteiger charge is 2.18. The van der Waals surface area contributed by atoms with Crippen LogP contribution in [0.5, 0.6) is 0 Å². The molecule has 0 fully saturated rings. The average molecular weight is 278 g/mol. The van der Waals surface area contributed by atoms with Gasteiger partial charge in [0.2, 0.25) is 10.0 Å². The molecule has 1 aromatic rings. The molecule has 98 valence electrons. The molecule has 0 aliphatic heterocycles. The second-order valence-corrected chi connectivity index (χ2v) is 6.90. The van der Waals surface area contributed by atoms with Gasteiger partial charge in [-0.1, -0.05) is 0 Å². The number of nitrogens with one attached hydrogen (secondary N) is 1. The van der Waals surface area contributed by atoms with Crippen molar-refractivity contribution in [1.29, 1.82) is 0 Å². The molecular weight excluding hydrogens is 260 g/mol. The topological polar surface area (TPSA) is 81.4 Å². The fourth-order valence-corrected chi connectivity index (χ4v) is 3.83. The number of thiophene rings is 1. The lowest BCUT2D eigenvalue weighted by molar-refractivity contribution is 0.122. The summed E-state index contributed by atoms with van der Waals surface area (Å²) in [5, 5.41) is 0. The maximum absolute atomic E-state index is 11.9. The fourth-order valence-electron chi connectivity index (χ4n) is 1.21. The van der Waals surface area contributed by atoms with Crippen molar-refractivity contribution >= 4 is 21.4 Å². The van der Waals surface area contributed by atoms with E-state index in [0.717, 1.165) is 10.4 Å². The molecule has 0 spiro atoms. The standard InChI is InChI=1S/C10H18N2O3S2/c1-7-4-10(16-9(7)5-11)17(13,14)12-6-8(2)15-3/h4,8,12H,5-6,11H2,1-3H3. The Morgan fingerprint density at radius 2 is 2.24 bits per heavy atom. The maximum Gasteiger partial charge on any atom is 0.250 e. The molecule has 0 aliphatic rings. The van der Waals surface area contributed by atoms with Crippen molar-refractivity contribution in [1.82, 2.24) is 4.72 Å². The summed E-state index contributed by atoms with van der Waals surface area (Å²) in [5.74, 6) is 0. The molecular formula is C10H18N2O3S2. The Morgan fingerprint density at radius 1 is 1.59 bits per heavy atom. The van der Waals surface area contributed by atoms with Crippen molar-refractivity contribution in [2.75, 3.05) is 13.7 Å². The van der Waals surface area contributed by atoms with E-state index < -0.39 is 10.0 Å². The molecule has 0 amide bonds. The monoisotopic (exact) mass is 278 g/mol. The van der Waals surface area contributed by atoms with Gasteiger partial charge in [-0.15, -0.1) is 11.3 Å². The van der Waals surface area contributed by atoms with Crippen LogP contribution >= 0.6 is 11.3 Å². The molecule has 0 aliphatic carbocycles. The molecule has 3 N–H and O–H groups in total. The first kappa shape index (κ1) is 14.6. The summed E-state index contributed by atoms with van der Waals surface area (Å²) < 4.78 is 31.7. The largest absolute Gasteiger partial charge is 0.380 e. The summed E-state index contributed by atoms with van der Waals surface area (Å²) in [6, 6.07) is 1.65. The van der Waals surface area contributed by atoms with Crippen LogP contribution < -0.4 is 10.5 Å². The van der Waals surface area contributed by atoms with E-state index in [1.54, 1.807) is 20.1 Å². The number of methoxy groups -OCH3 is 1. The summed E-state index contributed by atoms with van der Waals surface area (Å²) in [7, 11) is -1.90. The van der Waals surface area contributed by atoms with Gasteiger partial charge in [0, 0.05) is 25.1 Å². The predicted molar refractivity (Wildman–Crippen MR) is 68.6 cm³/mol. The summed E-state index contributed by atoms with van der Waals surface area (Å²) >= 11 is 1.21. The van der Waals surface area contributed by atoms with E-state index in [4.69, 9.17) is 10.5 Å². The number of sulfonamides is 1. The van der Waals surface area contributed by atoms with E-state index >= 15 is 0 Å². The fraction of sp³-hybridized carbons (Fsp3) is 0.600. The molecule has 0 radical (unpaired) electrons. The molecule has 1 rings (SSSR count). The van der Waals surface area contributed by atoms with Gasteiger partial charge in [-0.25, -0.2) is 13.1 Å². The quantitative estimate of drug-likeness (QED) is 0.807. The lowest BCUT2D eigenvalue weighted by Crippen LogP contribution is -2.31. The highest BCUT2D eigenvalue weighted by atomic mass is 32.2. The molecule has 5 nitrogen and oxygen atoms in total. The van der Waals surface area contributed by atoms with Crippen LogP contribution in [0.4, 0.5) is 0 Å². The molecule has 1 unspecified atom stereocenters. The van der Waals surface area contributed by atoms with Crippen LogP contribution in [0.25, 0.3) is 0 Å². The number of ether oxygens (including phenoxy) is 1. The average Bonchev–Trinajstić information content (AvgIpc) is 2.68. The van der Waals surface area contributed by atoms with E-state index in [0.29, 0.717) is 10.8 Å². The molecule has 1 aromatic heterocycles. The molecule has 17 heavy (non-hydrogen) atoms. The lowest BCUT2D eigenvalue weighted by atomic mass is 10.3. The molecule has 0 aromatic carbocycles. The van der Waals surface area contributed by atoms with Gasteiger partial charge in [0.25, 0.3) is 0 Å². The van der Waals surface area contributed by atoms with Gasteiger partial charge >= 0.3 is 0 Å². The molecule has 1 heterocycles. The SMILES string of the molecule is COC(C)CNS(=O)(=O)c1cc(C)c(CN)s1. The molecule has 0 saturated carbocycles. The zero-order valence-electron chi connectivity index (χ0n) is 10.2. The first-order valence-electron chi connectivity index (χ1n) is 5.22. The van der Waals surface area contributed by atoms with E-state index in [1.165, 1.54) is 11.3 Å². The van der Waals surface area contributed by atoms with Crippen molar-refractivity contribution in [2.24, 2.45) is 5.73 Å². The maximum atomic E-state index is 11.9. The highest BCUT2D eigenvalue weighted by molar-refractivity contribution is 7.91. The van der Waals surface area contributed by atoms with Crippen molar-refractivity contribution in [3.05, 3.63) is 16.5 Å². The molecule has 1 atom stereocenters. The summed E-state index contributed by atoms with van der Waals surface area (Å²) in [6.45, 7) is 4.28. The van der Waals surface area contributed by atoms with Crippen LogP contribution in [0, 0.1) is 6.92 Å². The van der Waals surface area contributed by atoms with E-state index in [1.807, 2.05) is 6.92 Å². The third-order valence-corrected chi connectivity index (χ3v) is 5.57. The van der Waals surface area contributed by atoms with Crippen LogP contribution in [0.1, 0.15) is 17.4 Å². The van der Waals surface area contributed by atoms with Gasteiger partial charge in [0.1, 0.15) is 4.21 Å². The first-order chi connectivity index (χ1) is 7.90. The third kappa shape index (κ3) is 3.75. The minimum absolute atomic E-state index is 0.153.